The molecule has 0 spiro atoms. The van der Waals surface area contributed by atoms with Gasteiger partial charge in [0.25, 0.3) is 0 Å². The fourth-order valence-electron chi connectivity index (χ4n) is 2.46. The predicted molar refractivity (Wildman–Crippen MR) is 85.8 cm³/mol. The molecule has 2 unspecified atom stereocenters. The first-order valence-corrected chi connectivity index (χ1v) is 8.71. The molecule has 1 saturated heterocycles. The molecule has 0 amide bonds. The molecule has 21 heavy (non-hydrogen) atoms. The molecule has 2 rings (SSSR count). The van der Waals surface area contributed by atoms with Crippen LogP contribution in [-0.4, -0.2) is 32.7 Å². The summed E-state index contributed by atoms with van der Waals surface area (Å²) < 4.78 is 33.0. The maximum atomic E-state index is 12.5. The highest BCUT2D eigenvalue weighted by Crippen LogP contribution is 2.21. The highest BCUT2D eigenvalue weighted by molar-refractivity contribution is 7.89. The molecular formula is C14H20N2O3S2. The number of aryl methyl sites for hydroxylation is 1. The molecule has 0 radical (unpaired) electrons. The van der Waals surface area contributed by atoms with Crippen LogP contribution in [0.2, 0.25) is 0 Å². The third kappa shape index (κ3) is 3.79. The lowest BCUT2D eigenvalue weighted by atomic mass is 10.0. The Morgan fingerprint density at radius 1 is 1.52 bits per heavy atom. The van der Waals surface area contributed by atoms with Gasteiger partial charge in [0.15, 0.2) is 0 Å². The lowest BCUT2D eigenvalue weighted by molar-refractivity contribution is 0.180. The molecule has 1 heterocycles. The Bertz CT molecular complexity index is 638. The van der Waals surface area contributed by atoms with Crippen LogP contribution in [0.15, 0.2) is 23.1 Å². The highest BCUT2D eigenvalue weighted by atomic mass is 32.2. The largest absolute Gasteiger partial charge is 0.389 e. The van der Waals surface area contributed by atoms with Gasteiger partial charge in [0.1, 0.15) is 4.99 Å². The summed E-state index contributed by atoms with van der Waals surface area (Å²) in [6.45, 7) is 4.90. The van der Waals surface area contributed by atoms with Crippen LogP contribution in [0.1, 0.15) is 24.5 Å². The van der Waals surface area contributed by atoms with Crippen LogP contribution in [0, 0.1) is 12.8 Å². The number of nitrogens with two attached hydrogens (primary N) is 1. The molecule has 0 bridgehead atoms. The van der Waals surface area contributed by atoms with E-state index in [2.05, 4.69) is 4.72 Å². The highest BCUT2D eigenvalue weighted by Gasteiger charge is 2.27. The molecule has 1 aromatic rings. The van der Waals surface area contributed by atoms with Crippen molar-refractivity contribution in [1.29, 1.82) is 0 Å². The third-order valence-electron chi connectivity index (χ3n) is 3.76. The van der Waals surface area contributed by atoms with Crippen LogP contribution in [-0.2, 0) is 14.8 Å². The first kappa shape index (κ1) is 16.4. The van der Waals surface area contributed by atoms with Gasteiger partial charge in [-0.3, -0.25) is 0 Å². The van der Waals surface area contributed by atoms with E-state index >= 15 is 0 Å². The molecule has 5 nitrogen and oxygen atoms in total. The Morgan fingerprint density at radius 2 is 2.24 bits per heavy atom. The summed E-state index contributed by atoms with van der Waals surface area (Å²) in [5, 5.41) is 0. The van der Waals surface area contributed by atoms with Crippen LogP contribution in [0.25, 0.3) is 0 Å². The van der Waals surface area contributed by atoms with Gasteiger partial charge in [-0.2, -0.15) is 0 Å². The Balaban J connectivity index is 2.21. The number of rotatable bonds is 5. The van der Waals surface area contributed by atoms with Crippen molar-refractivity contribution in [3.05, 3.63) is 29.3 Å². The van der Waals surface area contributed by atoms with Crippen molar-refractivity contribution in [3.63, 3.8) is 0 Å². The van der Waals surface area contributed by atoms with E-state index in [-0.39, 0.29) is 21.8 Å². The Labute approximate surface area is 130 Å². The molecule has 1 aliphatic heterocycles. The van der Waals surface area contributed by atoms with Crippen molar-refractivity contribution >= 4 is 27.2 Å². The van der Waals surface area contributed by atoms with Gasteiger partial charge >= 0.3 is 0 Å². The second-order valence-electron chi connectivity index (χ2n) is 5.38. The maximum absolute atomic E-state index is 12.5. The first-order chi connectivity index (χ1) is 9.81. The van der Waals surface area contributed by atoms with Crippen molar-refractivity contribution in [2.75, 3.05) is 13.2 Å². The van der Waals surface area contributed by atoms with Gasteiger partial charge in [-0.1, -0.05) is 18.3 Å². The predicted octanol–water partition coefficient (Wildman–Crippen LogP) is 1.33. The minimum Gasteiger partial charge on any atom is -0.389 e. The standard InChI is InChI=1S/C14H20N2O3S2/c1-9-7-11(14(15)20)3-4-13(9)21(17,18)16-10(2)12-5-6-19-8-12/h3-4,7,10,12,16H,5-6,8H2,1-2H3,(H2,15,20). The van der Waals surface area contributed by atoms with E-state index in [1.807, 2.05) is 6.92 Å². The number of thiocarbonyl (C=S) groups is 1. The van der Waals surface area contributed by atoms with Gasteiger partial charge in [-0.15, -0.1) is 0 Å². The molecule has 0 saturated carbocycles. The van der Waals surface area contributed by atoms with Gasteiger partial charge in [0.2, 0.25) is 10.0 Å². The Hall–Kier alpha value is -1.02. The molecule has 7 heteroatoms. The number of benzene rings is 1. The van der Waals surface area contributed by atoms with Gasteiger partial charge in [0, 0.05) is 24.1 Å². The van der Waals surface area contributed by atoms with Gasteiger partial charge in [0.05, 0.1) is 11.5 Å². The maximum Gasteiger partial charge on any atom is 0.241 e. The molecule has 116 valence electrons. The molecule has 1 aliphatic rings. The average molecular weight is 328 g/mol. The zero-order valence-electron chi connectivity index (χ0n) is 12.1. The second-order valence-corrected chi connectivity index (χ2v) is 7.50. The van der Waals surface area contributed by atoms with Crippen LogP contribution >= 0.6 is 12.2 Å². The molecule has 2 atom stereocenters. The van der Waals surface area contributed by atoms with Gasteiger partial charge in [-0.25, -0.2) is 13.1 Å². The number of hydrogen-bond acceptors (Lipinski definition) is 4. The zero-order valence-corrected chi connectivity index (χ0v) is 13.8. The summed E-state index contributed by atoms with van der Waals surface area (Å²) >= 11 is 4.90. The van der Waals surface area contributed by atoms with Crippen LogP contribution in [0.3, 0.4) is 0 Å². The van der Waals surface area contributed by atoms with Crippen molar-refractivity contribution in [2.24, 2.45) is 11.7 Å². The summed E-state index contributed by atoms with van der Waals surface area (Å²) in [6.07, 6.45) is 0.878. The Kier molecular flexibility index (Phi) is 4.98. The normalized spacial score (nSPS) is 20.4. The van der Waals surface area contributed by atoms with Crippen molar-refractivity contribution in [1.82, 2.24) is 4.72 Å². The topological polar surface area (TPSA) is 81.4 Å². The van der Waals surface area contributed by atoms with Gasteiger partial charge in [-0.05, 0) is 38.0 Å². The van der Waals surface area contributed by atoms with Crippen LogP contribution < -0.4 is 10.5 Å². The lowest BCUT2D eigenvalue weighted by Crippen LogP contribution is -2.38. The summed E-state index contributed by atoms with van der Waals surface area (Å²) in [4.78, 5) is 0.514. The van der Waals surface area contributed by atoms with Crippen molar-refractivity contribution < 1.29 is 13.2 Å². The number of hydrogen-bond donors (Lipinski definition) is 2. The third-order valence-corrected chi connectivity index (χ3v) is 5.72. The summed E-state index contributed by atoms with van der Waals surface area (Å²) in [7, 11) is -3.56. The SMILES string of the molecule is Cc1cc(C(N)=S)ccc1S(=O)(=O)NC(C)C1CCOC1. The number of nitrogens with one attached hydrogen (secondary N) is 1. The van der Waals surface area contributed by atoms with E-state index < -0.39 is 10.0 Å². The summed E-state index contributed by atoms with van der Waals surface area (Å²) in [5.74, 6) is 0.218. The average Bonchev–Trinajstić information content (AvgIpc) is 2.91. The molecule has 0 aromatic heterocycles. The number of sulfonamides is 1. The second kappa shape index (κ2) is 6.39. The van der Waals surface area contributed by atoms with E-state index in [4.69, 9.17) is 22.7 Å². The van der Waals surface area contributed by atoms with Crippen LogP contribution in [0.5, 0.6) is 0 Å². The fourth-order valence-corrected chi connectivity index (χ4v) is 4.12. The zero-order chi connectivity index (χ0) is 15.6. The molecule has 3 N–H and O–H groups in total. The van der Waals surface area contributed by atoms with E-state index in [0.29, 0.717) is 24.3 Å². The van der Waals surface area contributed by atoms with E-state index in [1.165, 1.54) is 0 Å². The van der Waals surface area contributed by atoms with E-state index in [0.717, 1.165) is 6.42 Å². The van der Waals surface area contributed by atoms with Gasteiger partial charge < -0.3 is 10.5 Å². The van der Waals surface area contributed by atoms with Crippen LogP contribution in [0.4, 0.5) is 0 Å². The smallest absolute Gasteiger partial charge is 0.241 e. The molecule has 1 fully saturated rings. The minimum atomic E-state index is -3.56. The quantitative estimate of drug-likeness (QED) is 0.797. The fraction of sp³-hybridized carbons (Fsp3) is 0.500. The summed E-state index contributed by atoms with van der Waals surface area (Å²) in [5.41, 5.74) is 6.85. The monoisotopic (exact) mass is 328 g/mol. The molecular weight excluding hydrogens is 308 g/mol. The lowest BCUT2D eigenvalue weighted by Gasteiger charge is -2.20. The minimum absolute atomic E-state index is 0.160. The molecule has 0 aliphatic carbocycles. The van der Waals surface area contributed by atoms with E-state index in [1.54, 1.807) is 25.1 Å². The molecule has 1 aromatic carbocycles. The van der Waals surface area contributed by atoms with Crippen molar-refractivity contribution in [2.45, 2.75) is 31.2 Å². The summed E-state index contributed by atoms with van der Waals surface area (Å²) in [6, 6.07) is 4.71. The Morgan fingerprint density at radius 3 is 2.76 bits per heavy atom. The number of ether oxygens (including phenoxy) is 1. The van der Waals surface area contributed by atoms with Crippen molar-refractivity contribution in [3.8, 4) is 0 Å². The van der Waals surface area contributed by atoms with E-state index in [9.17, 15) is 8.42 Å². The first-order valence-electron chi connectivity index (χ1n) is 6.82.